The first-order valence-electron chi connectivity index (χ1n) is 13.1. The van der Waals surface area contributed by atoms with E-state index in [1.165, 1.54) is 55.5 Å². The molecule has 0 spiro atoms. The fourth-order valence-corrected chi connectivity index (χ4v) is 3.54. The minimum atomic E-state index is -2.02. The standard InChI is InChI=1S/C30H32O15/c1-6-14-37-26(33)23-21(42-28(34)38-15-7-2)22(43-29(35)39-16-8-3)24(44-30(36)40-17-9-4)27(41-23)45-25(32)20-12-10-19(11-13-20)18(5)31/h6-13,21-24,27H,1-4,14-17H2,5H3/t21-,22-,23-,24+,27-/m0/s1. The molecule has 15 nitrogen and oxygen atoms in total. The van der Waals surface area contributed by atoms with Gasteiger partial charge in [0.15, 0.2) is 24.1 Å². The van der Waals surface area contributed by atoms with Crippen molar-refractivity contribution in [3.05, 3.63) is 86.0 Å². The first kappa shape index (κ1) is 35.8. The second-order valence-electron chi connectivity index (χ2n) is 8.68. The average molecular weight is 633 g/mol. The normalized spacial score (nSPS) is 20.2. The van der Waals surface area contributed by atoms with Gasteiger partial charge in [0.2, 0.25) is 12.4 Å². The molecule has 45 heavy (non-hydrogen) atoms. The number of ether oxygens (including phenoxy) is 9. The Morgan fingerprint density at radius 3 is 1.51 bits per heavy atom. The Labute approximate surface area is 257 Å². The number of rotatable bonds is 15. The molecule has 1 aromatic carbocycles. The molecule has 2 rings (SSSR count). The predicted octanol–water partition coefficient (Wildman–Crippen LogP) is 3.62. The zero-order valence-electron chi connectivity index (χ0n) is 24.3. The van der Waals surface area contributed by atoms with E-state index in [0.717, 1.165) is 0 Å². The van der Waals surface area contributed by atoms with Crippen LogP contribution in [0.3, 0.4) is 0 Å². The zero-order valence-corrected chi connectivity index (χ0v) is 24.3. The van der Waals surface area contributed by atoms with E-state index in [0.29, 0.717) is 5.56 Å². The van der Waals surface area contributed by atoms with Crippen LogP contribution in [0.4, 0.5) is 14.4 Å². The van der Waals surface area contributed by atoms with E-state index in [9.17, 15) is 28.8 Å². The summed E-state index contributed by atoms with van der Waals surface area (Å²) in [6.45, 7) is 13.7. The van der Waals surface area contributed by atoms with E-state index in [-0.39, 0.29) is 37.8 Å². The molecule has 0 saturated carbocycles. The Morgan fingerprint density at radius 2 is 1.04 bits per heavy atom. The summed E-state index contributed by atoms with van der Waals surface area (Å²) in [5.74, 6) is -2.54. The van der Waals surface area contributed by atoms with E-state index in [2.05, 4.69) is 26.3 Å². The van der Waals surface area contributed by atoms with Gasteiger partial charge in [0, 0.05) is 5.56 Å². The van der Waals surface area contributed by atoms with Gasteiger partial charge < -0.3 is 42.6 Å². The van der Waals surface area contributed by atoms with Crippen molar-refractivity contribution in [3.63, 3.8) is 0 Å². The van der Waals surface area contributed by atoms with Crippen molar-refractivity contribution in [2.75, 3.05) is 26.4 Å². The van der Waals surface area contributed by atoms with Crippen LogP contribution in [0.25, 0.3) is 0 Å². The molecule has 0 aromatic heterocycles. The first-order valence-corrected chi connectivity index (χ1v) is 13.1. The van der Waals surface area contributed by atoms with Crippen molar-refractivity contribution < 1.29 is 71.4 Å². The summed E-state index contributed by atoms with van der Waals surface area (Å²) in [7, 11) is 0. The third-order valence-electron chi connectivity index (χ3n) is 5.48. The molecule has 1 aliphatic heterocycles. The Kier molecular flexibility index (Phi) is 14.5. The van der Waals surface area contributed by atoms with Crippen LogP contribution in [0.2, 0.25) is 0 Å². The number of esters is 2. The van der Waals surface area contributed by atoms with Crippen LogP contribution in [0.15, 0.2) is 74.9 Å². The minimum Gasteiger partial charge on any atom is -0.459 e. The molecular formula is C30H32O15. The van der Waals surface area contributed by atoms with E-state index in [1.54, 1.807) is 0 Å². The van der Waals surface area contributed by atoms with Crippen molar-refractivity contribution in [3.8, 4) is 0 Å². The lowest BCUT2D eigenvalue weighted by molar-refractivity contribution is -0.283. The molecule has 1 heterocycles. The highest BCUT2D eigenvalue weighted by Crippen LogP contribution is 2.31. The average Bonchev–Trinajstić information content (AvgIpc) is 3.02. The lowest BCUT2D eigenvalue weighted by Gasteiger charge is -2.42. The number of carbonyl (C=O) groups excluding carboxylic acids is 6. The molecule has 0 bridgehead atoms. The van der Waals surface area contributed by atoms with Crippen LogP contribution < -0.4 is 0 Å². The van der Waals surface area contributed by atoms with Crippen LogP contribution in [0, 0.1) is 0 Å². The topological polar surface area (TPSA) is 185 Å². The molecule has 242 valence electrons. The summed E-state index contributed by atoms with van der Waals surface area (Å²) < 4.78 is 46.5. The van der Waals surface area contributed by atoms with Crippen molar-refractivity contribution in [1.29, 1.82) is 0 Å². The van der Waals surface area contributed by atoms with E-state index in [1.807, 2.05) is 0 Å². The molecule has 1 fully saturated rings. The van der Waals surface area contributed by atoms with Gasteiger partial charge in [-0.25, -0.2) is 24.0 Å². The molecule has 0 aliphatic carbocycles. The highest BCUT2D eigenvalue weighted by atomic mass is 16.8. The van der Waals surface area contributed by atoms with Crippen LogP contribution in [0.5, 0.6) is 0 Å². The Bertz CT molecular complexity index is 1270. The van der Waals surface area contributed by atoms with Crippen LogP contribution in [-0.2, 0) is 47.4 Å². The number of carbonyl (C=O) groups is 6. The molecule has 0 unspecified atom stereocenters. The maximum Gasteiger partial charge on any atom is 0.509 e. The summed E-state index contributed by atoms with van der Waals surface area (Å²) in [5, 5.41) is 0. The van der Waals surface area contributed by atoms with Gasteiger partial charge in [-0.05, 0) is 19.1 Å². The Balaban J connectivity index is 2.60. The molecule has 5 atom stereocenters. The smallest absolute Gasteiger partial charge is 0.459 e. The molecule has 1 saturated heterocycles. The van der Waals surface area contributed by atoms with Crippen molar-refractivity contribution in [1.82, 2.24) is 0 Å². The van der Waals surface area contributed by atoms with Gasteiger partial charge in [-0.1, -0.05) is 62.8 Å². The minimum absolute atomic E-state index is 0.0865. The van der Waals surface area contributed by atoms with E-state index >= 15 is 0 Å². The largest absolute Gasteiger partial charge is 0.509 e. The fraction of sp³-hybridized carbons (Fsp3) is 0.333. The second kappa shape index (κ2) is 18.3. The number of benzene rings is 1. The van der Waals surface area contributed by atoms with Gasteiger partial charge >= 0.3 is 30.4 Å². The van der Waals surface area contributed by atoms with Crippen molar-refractivity contribution in [2.24, 2.45) is 0 Å². The van der Waals surface area contributed by atoms with Crippen molar-refractivity contribution >= 4 is 36.2 Å². The summed E-state index contributed by atoms with van der Waals surface area (Å²) in [6, 6.07) is 5.26. The number of hydrogen-bond acceptors (Lipinski definition) is 15. The van der Waals surface area contributed by atoms with Crippen LogP contribution in [-0.4, -0.2) is 93.3 Å². The molecular weight excluding hydrogens is 600 g/mol. The predicted molar refractivity (Wildman–Crippen MR) is 151 cm³/mol. The monoisotopic (exact) mass is 632 g/mol. The number of ketones is 1. The van der Waals surface area contributed by atoms with Gasteiger partial charge in [0.25, 0.3) is 0 Å². The Hall–Kier alpha value is -5.44. The fourth-order valence-electron chi connectivity index (χ4n) is 3.54. The number of Topliss-reactive ketones (excluding diaryl/α,β-unsaturated/α-hetero) is 1. The van der Waals surface area contributed by atoms with E-state index < -0.39 is 61.1 Å². The summed E-state index contributed by atoms with van der Waals surface area (Å²) in [4.78, 5) is 75.5. The molecule has 0 radical (unpaired) electrons. The maximum atomic E-state index is 13.1. The highest BCUT2D eigenvalue weighted by Gasteiger charge is 2.57. The first-order chi connectivity index (χ1) is 21.6. The van der Waals surface area contributed by atoms with Crippen molar-refractivity contribution in [2.45, 2.75) is 37.6 Å². The summed E-state index contributed by atoms with van der Waals surface area (Å²) >= 11 is 0. The molecule has 0 N–H and O–H groups in total. The quantitative estimate of drug-likeness (QED) is 0.118. The molecule has 15 heteroatoms. The van der Waals surface area contributed by atoms with Gasteiger partial charge in [0.05, 0.1) is 5.56 Å². The lowest BCUT2D eigenvalue weighted by atomic mass is 9.98. The highest BCUT2D eigenvalue weighted by molar-refractivity contribution is 5.96. The third-order valence-corrected chi connectivity index (χ3v) is 5.48. The SMILES string of the molecule is C=CCOC(=O)O[C@@H]1[C@@H](OC(=O)OCC=C)[C@H](OC(=O)c2ccc(C(C)=O)cc2)O[C@H](C(=O)OCC=C)[C@H]1OC(=O)OCC=C. The van der Waals surface area contributed by atoms with Crippen LogP contribution >= 0.6 is 0 Å². The van der Waals surface area contributed by atoms with Gasteiger partial charge in [-0.3, -0.25) is 4.79 Å². The lowest BCUT2D eigenvalue weighted by Crippen LogP contribution is -2.64. The van der Waals surface area contributed by atoms with Gasteiger partial charge in [-0.2, -0.15) is 0 Å². The Morgan fingerprint density at radius 1 is 0.622 bits per heavy atom. The third kappa shape index (κ3) is 11.0. The van der Waals surface area contributed by atoms with Gasteiger partial charge in [0.1, 0.15) is 26.4 Å². The van der Waals surface area contributed by atoms with Crippen LogP contribution in [0.1, 0.15) is 27.6 Å². The summed E-state index contributed by atoms with van der Waals surface area (Å²) in [5.41, 5.74) is 0.211. The second-order valence-corrected chi connectivity index (χ2v) is 8.68. The summed E-state index contributed by atoms with van der Waals surface area (Å²) in [6.07, 6.45) is -9.17. The molecule has 1 aromatic rings. The maximum absolute atomic E-state index is 13.1. The molecule has 0 amide bonds. The van der Waals surface area contributed by atoms with E-state index in [4.69, 9.17) is 42.6 Å². The number of hydrogen-bond donors (Lipinski definition) is 0. The zero-order chi connectivity index (χ0) is 33.4. The van der Waals surface area contributed by atoms with Gasteiger partial charge in [-0.15, -0.1) is 0 Å². The molecule has 1 aliphatic rings.